The van der Waals surface area contributed by atoms with Crippen LogP contribution < -0.4 is 10.1 Å². The molecule has 76 valence electrons. The van der Waals surface area contributed by atoms with Crippen LogP contribution in [0, 0.1) is 0 Å². The standard InChI is InChI=1S/C9H10ClNO2S/c1-13-8-4-6(2-3-7(8)10)11-9(12)5-14/h2-4,14H,5H2,1H3,(H,11,12). The molecule has 1 rings (SSSR count). The number of benzene rings is 1. The van der Waals surface area contributed by atoms with Gasteiger partial charge in [-0.15, -0.1) is 0 Å². The van der Waals surface area contributed by atoms with Crippen molar-refractivity contribution in [2.75, 3.05) is 18.2 Å². The quantitative estimate of drug-likeness (QED) is 0.783. The molecule has 0 spiro atoms. The van der Waals surface area contributed by atoms with Crippen LogP contribution in [0.1, 0.15) is 0 Å². The topological polar surface area (TPSA) is 38.3 Å². The van der Waals surface area contributed by atoms with Gasteiger partial charge in [0.05, 0.1) is 17.9 Å². The third-order valence-electron chi connectivity index (χ3n) is 1.58. The van der Waals surface area contributed by atoms with Gasteiger partial charge in [-0.25, -0.2) is 0 Å². The normalized spacial score (nSPS) is 9.64. The molecule has 0 bridgehead atoms. The molecule has 1 amide bonds. The number of hydrogen-bond acceptors (Lipinski definition) is 3. The molecule has 0 atom stereocenters. The molecule has 0 saturated heterocycles. The molecule has 0 saturated carbocycles. The van der Waals surface area contributed by atoms with Crippen molar-refractivity contribution in [3.63, 3.8) is 0 Å². The zero-order chi connectivity index (χ0) is 10.6. The molecule has 0 aliphatic heterocycles. The Morgan fingerprint density at radius 1 is 1.64 bits per heavy atom. The summed E-state index contributed by atoms with van der Waals surface area (Å²) in [5, 5.41) is 3.15. The van der Waals surface area contributed by atoms with E-state index in [1.807, 2.05) is 0 Å². The third-order valence-corrected chi connectivity index (χ3v) is 2.18. The van der Waals surface area contributed by atoms with Crippen molar-refractivity contribution < 1.29 is 9.53 Å². The second-order valence-electron chi connectivity index (χ2n) is 2.56. The lowest BCUT2D eigenvalue weighted by Crippen LogP contribution is -2.12. The Hall–Kier alpha value is -0.870. The zero-order valence-corrected chi connectivity index (χ0v) is 9.23. The first-order valence-corrected chi connectivity index (χ1v) is 4.92. The van der Waals surface area contributed by atoms with Crippen molar-refractivity contribution in [2.45, 2.75) is 0 Å². The van der Waals surface area contributed by atoms with Crippen molar-refractivity contribution in [1.29, 1.82) is 0 Å². The SMILES string of the molecule is COc1cc(NC(=O)CS)ccc1Cl. The summed E-state index contributed by atoms with van der Waals surface area (Å²) in [6.07, 6.45) is 0. The van der Waals surface area contributed by atoms with Crippen molar-refractivity contribution in [1.82, 2.24) is 0 Å². The number of thiol groups is 1. The Labute approximate surface area is 92.8 Å². The van der Waals surface area contributed by atoms with Crippen LogP contribution in [0.2, 0.25) is 5.02 Å². The fraction of sp³-hybridized carbons (Fsp3) is 0.222. The van der Waals surface area contributed by atoms with Gasteiger partial charge in [0, 0.05) is 11.8 Å². The Morgan fingerprint density at radius 3 is 2.93 bits per heavy atom. The van der Waals surface area contributed by atoms with Crippen molar-refractivity contribution in [2.24, 2.45) is 0 Å². The number of nitrogens with one attached hydrogen (secondary N) is 1. The predicted octanol–water partition coefficient (Wildman–Crippen LogP) is 2.22. The van der Waals surface area contributed by atoms with Gasteiger partial charge in [-0.2, -0.15) is 12.6 Å². The summed E-state index contributed by atoms with van der Waals surface area (Å²) < 4.78 is 5.00. The maximum absolute atomic E-state index is 11.0. The number of anilines is 1. The average Bonchev–Trinajstić information content (AvgIpc) is 2.20. The van der Waals surface area contributed by atoms with Crippen LogP contribution >= 0.6 is 24.2 Å². The van der Waals surface area contributed by atoms with E-state index < -0.39 is 0 Å². The number of rotatable bonds is 3. The van der Waals surface area contributed by atoms with E-state index in [1.54, 1.807) is 18.2 Å². The highest BCUT2D eigenvalue weighted by Gasteiger charge is 2.03. The smallest absolute Gasteiger partial charge is 0.234 e. The maximum atomic E-state index is 11.0. The van der Waals surface area contributed by atoms with Gasteiger partial charge in [0.15, 0.2) is 0 Å². The van der Waals surface area contributed by atoms with E-state index in [0.717, 1.165) is 0 Å². The lowest BCUT2D eigenvalue weighted by Gasteiger charge is -2.07. The summed E-state index contributed by atoms with van der Waals surface area (Å²) in [4.78, 5) is 11.0. The molecule has 5 heteroatoms. The Balaban J connectivity index is 2.84. The first-order valence-electron chi connectivity index (χ1n) is 3.91. The van der Waals surface area contributed by atoms with Gasteiger partial charge in [0.2, 0.25) is 5.91 Å². The van der Waals surface area contributed by atoms with Crippen molar-refractivity contribution in [3.8, 4) is 5.75 Å². The number of amides is 1. The fourth-order valence-electron chi connectivity index (χ4n) is 0.938. The molecule has 0 aliphatic rings. The van der Waals surface area contributed by atoms with Gasteiger partial charge in [-0.3, -0.25) is 4.79 Å². The summed E-state index contributed by atoms with van der Waals surface area (Å²) in [5.74, 6) is 0.506. The average molecular weight is 232 g/mol. The number of methoxy groups -OCH3 is 1. The minimum atomic E-state index is -0.169. The van der Waals surface area contributed by atoms with Crippen LogP contribution in [0.15, 0.2) is 18.2 Å². The molecule has 0 aliphatic carbocycles. The molecule has 14 heavy (non-hydrogen) atoms. The largest absolute Gasteiger partial charge is 0.495 e. The van der Waals surface area contributed by atoms with E-state index in [1.165, 1.54) is 7.11 Å². The number of carbonyl (C=O) groups is 1. The molecule has 0 unspecified atom stereocenters. The first kappa shape index (κ1) is 11.2. The summed E-state index contributed by atoms with van der Waals surface area (Å²) in [6.45, 7) is 0. The Bertz CT molecular complexity index is 344. The molecule has 1 aromatic rings. The van der Waals surface area contributed by atoms with Crippen LogP contribution in [-0.4, -0.2) is 18.8 Å². The van der Waals surface area contributed by atoms with Crippen molar-refractivity contribution in [3.05, 3.63) is 23.2 Å². The summed E-state index contributed by atoms with van der Waals surface area (Å²) >= 11 is 9.66. The molecular formula is C9H10ClNO2S. The molecule has 0 aromatic heterocycles. The molecule has 0 radical (unpaired) electrons. The number of carbonyl (C=O) groups excluding carboxylic acids is 1. The summed E-state index contributed by atoms with van der Waals surface area (Å²) in [6, 6.07) is 5.02. The van der Waals surface area contributed by atoms with Crippen LogP contribution in [0.3, 0.4) is 0 Å². The third kappa shape index (κ3) is 2.82. The molecule has 1 aromatic carbocycles. The highest BCUT2D eigenvalue weighted by molar-refractivity contribution is 7.81. The molecule has 1 N–H and O–H groups in total. The zero-order valence-electron chi connectivity index (χ0n) is 7.58. The van der Waals surface area contributed by atoms with Gasteiger partial charge in [0.25, 0.3) is 0 Å². The highest BCUT2D eigenvalue weighted by atomic mass is 35.5. The highest BCUT2D eigenvalue weighted by Crippen LogP contribution is 2.27. The molecule has 3 nitrogen and oxygen atoms in total. The second-order valence-corrected chi connectivity index (χ2v) is 3.28. The van der Waals surface area contributed by atoms with E-state index in [0.29, 0.717) is 16.5 Å². The van der Waals surface area contributed by atoms with Gasteiger partial charge >= 0.3 is 0 Å². The minimum Gasteiger partial charge on any atom is -0.495 e. The maximum Gasteiger partial charge on any atom is 0.234 e. The van der Waals surface area contributed by atoms with Crippen LogP contribution in [0.5, 0.6) is 5.75 Å². The van der Waals surface area contributed by atoms with E-state index in [-0.39, 0.29) is 11.7 Å². The molecule has 0 heterocycles. The lowest BCUT2D eigenvalue weighted by molar-refractivity contribution is -0.113. The monoisotopic (exact) mass is 231 g/mol. The van der Waals surface area contributed by atoms with Crippen LogP contribution in [0.25, 0.3) is 0 Å². The number of ether oxygens (including phenoxy) is 1. The Morgan fingerprint density at radius 2 is 2.36 bits per heavy atom. The predicted molar refractivity (Wildman–Crippen MR) is 60.5 cm³/mol. The first-order chi connectivity index (χ1) is 6.67. The second kappa shape index (κ2) is 5.12. The van der Waals surface area contributed by atoms with Gasteiger partial charge in [-0.05, 0) is 12.1 Å². The summed E-state index contributed by atoms with van der Waals surface area (Å²) in [5.41, 5.74) is 0.644. The number of halogens is 1. The van der Waals surface area contributed by atoms with Crippen molar-refractivity contribution >= 4 is 35.8 Å². The minimum absolute atomic E-state index is 0.144. The Kier molecular flexibility index (Phi) is 4.10. The van der Waals surface area contributed by atoms with Crippen LogP contribution in [-0.2, 0) is 4.79 Å². The van der Waals surface area contributed by atoms with Gasteiger partial charge in [-0.1, -0.05) is 11.6 Å². The van der Waals surface area contributed by atoms with E-state index in [9.17, 15) is 4.79 Å². The summed E-state index contributed by atoms with van der Waals surface area (Å²) in [7, 11) is 1.52. The van der Waals surface area contributed by atoms with E-state index in [2.05, 4.69) is 17.9 Å². The van der Waals surface area contributed by atoms with E-state index in [4.69, 9.17) is 16.3 Å². The fourth-order valence-corrected chi connectivity index (χ4v) is 1.21. The van der Waals surface area contributed by atoms with Gasteiger partial charge < -0.3 is 10.1 Å². The molecule has 0 fully saturated rings. The number of hydrogen-bond donors (Lipinski definition) is 2. The van der Waals surface area contributed by atoms with Gasteiger partial charge in [0.1, 0.15) is 5.75 Å². The molecular weight excluding hydrogens is 222 g/mol. The van der Waals surface area contributed by atoms with Crippen LogP contribution in [0.4, 0.5) is 5.69 Å². The lowest BCUT2D eigenvalue weighted by atomic mass is 10.3. The van der Waals surface area contributed by atoms with E-state index >= 15 is 0 Å².